The van der Waals surface area contributed by atoms with Crippen LogP contribution < -0.4 is 10.5 Å². The van der Waals surface area contributed by atoms with E-state index in [1.807, 2.05) is 0 Å². The van der Waals surface area contributed by atoms with Crippen LogP contribution in [0.2, 0.25) is 0 Å². The highest BCUT2D eigenvalue weighted by molar-refractivity contribution is 5.41. The molecule has 0 aliphatic heterocycles. The summed E-state index contributed by atoms with van der Waals surface area (Å²) in [6.07, 6.45) is 0. The fourth-order valence-corrected chi connectivity index (χ4v) is 0.816. The maximum Gasteiger partial charge on any atom is 0.242 e. The van der Waals surface area contributed by atoms with Crippen LogP contribution in [0, 0.1) is 0 Å². The minimum atomic E-state index is -1.64. The Bertz CT molecular complexity index is 250. The molecule has 2 N–H and O–H groups in total. The van der Waals surface area contributed by atoms with Crippen LogP contribution in [0.3, 0.4) is 0 Å². The molecular formula is C9H12FNO. The van der Waals surface area contributed by atoms with E-state index in [-0.39, 0.29) is 0 Å². The molecule has 0 unspecified atom stereocenters. The van der Waals surface area contributed by atoms with Crippen molar-refractivity contribution in [1.29, 1.82) is 0 Å². The van der Waals surface area contributed by atoms with Crippen LogP contribution in [-0.4, -0.2) is 5.85 Å². The van der Waals surface area contributed by atoms with Gasteiger partial charge in [-0.3, -0.25) is 0 Å². The van der Waals surface area contributed by atoms with Gasteiger partial charge in [0.05, 0.1) is 0 Å². The van der Waals surface area contributed by atoms with E-state index in [0.717, 1.165) is 0 Å². The lowest BCUT2D eigenvalue weighted by Crippen LogP contribution is -2.20. The molecule has 1 aromatic carbocycles. The van der Waals surface area contributed by atoms with Crippen molar-refractivity contribution in [3.63, 3.8) is 0 Å². The Morgan fingerprint density at radius 2 is 1.75 bits per heavy atom. The van der Waals surface area contributed by atoms with Crippen molar-refractivity contribution in [2.24, 2.45) is 0 Å². The predicted molar refractivity (Wildman–Crippen MR) is 46.7 cm³/mol. The standard InChI is InChI=1S/C9H12FNO/c1-9(2,10)12-8-5-3-7(11)4-6-8/h3-6H,11H2,1-2H3. The zero-order chi connectivity index (χ0) is 9.19. The smallest absolute Gasteiger partial charge is 0.242 e. The Balaban J connectivity index is 2.71. The van der Waals surface area contributed by atoms with Gasteiger partial charge in [-0.05, 0) is 24.3 Å². The zero-order valence-electron chi connectivity index (χ0n) is 7.17. The summed E-state index contributed by atoms with van der Waals surface area (Å²) in [5.74, 6) is -1.16. The average Bonchev–Trinajstić information content (AvgIpc) is 1.91. The molecule has 2 nitrogen and oxygen atoms in total. The predicted octanol–water partition coefficient (Wildman–Crippen LogP) is 2.35. The van der Waals surface area contributed by atoms with E-state index < -0.39 is 5.85 Å². The molecule has 1 rings (SSSR count). The van der Waals surface area contributed by atoms with Crippen LogP contribution in [0.5, 0.6) is 5.75 Å². The molecule has 0 bridgehead atoms. The first kappa shape index (κ1) is 8.84. The molecule has 0 atom stereocenters. The topological polar surface area (TPSA) is 35.2 Å². The summed E-state index contributed by atoms with van der Waals surface area (Å²) in [5, 5.41) is 0. The molecule has 0 saturated heterocycles. The monoisotopic (exact) mass is 169 g/mol. The summed E-state index contributed by atoms with van der Waals surface area (Å²) < 4.78 is 17.9. The van der Waals surface area contributed by atoms with E-state index >= 15 is 0 Å². The lowest BCUT2D eigenvalue weighted by atomic mass is 10.3. The fraction of sp³-hybridized carbons (Fsp3) is 0.333. The van der Waals surface area contributed by atoms with E-state index in [0.29, 0.717) is 11.4 Å². The van der Waals surface area contributed by atoms with Gasteiger partial charge in [0, 0.05) is 19.5 Å². The molecule has 66 valence electrons. The quantitative estimate of drug-likeness (QED) is 0.690. The van der Waals surface area contributed by atoms with Crippen molar-refractivity contribution in [3.05, 3.63) is 24.3 Å². The second-order valence-electron chi connectivity index (χ2n) is 3.03. The van der Waals surface area contributed by atoms with Crippen molar-refractivity contribution < 1.29 is 9.13 Å². The summed E-state index contributed by atoms with van der Waals surface area (Å²) in [7, 11) is 0. The first-order valence-electron chi connectivity index (χ1n) is 3.71. The average molecular weight is 169 g/mol. The number of rotatable bonds is 2. The molecule has 0 spiro atoms. The fourth-order valence-electron chi connectivity index (χ4n) is 0.816. The first-order chi connectivity index (χ1) is 5.47. The van der Waals surface area contributed by atoms with E-state index in [1.54, 1.807) is 24.3 Å². The number of benzene rings is 1. The molecule has 0 aliphatic rings. The molecule has 12 heavy (non-hydrogen) atoms. The summed E-state index contributed by atoms with van der Waals surface area (Å²) >= 11 is 0. The van der Waals surface area contributed by atoms with Gasteiger partial charge in [0.25, 0.3) is 0 Å². The van der Waals surface area contributed by atoms with Gasteiger partial charge in [-0.1, -0.05) is 0 Å². The summed E-state index contributed by atoms with van der Waals surface area (Å²) in [4.78, 5) is 0. The van der Waals surface area contributed by atoms with Gasteiger partial charge in [-0.25, -0.2) is 0 Å². The first-order valence-corrected chi connectivity index (χ1v) is 3.71. The lowest BCUT2D eigenvalue weighted by Gasteiger charge is -2.16. The molecular weight excluding hydrogens is 157 g/mol. The number of halogens is 1. The minimum absolute atomic E-state index is 0.483. The second kappa shape index (κ2) is 3.01. The highest BCUT2D eigenvalue weighted by atomic mass is 19.2. The van der Waals surface area contributed by atoms with Crippen LogP contribution in [0.4, 0.5) is 10.1 Å². The third-order valence-electron chi connectivity index (χ3n) is 1.24. The van der Waals surface area contributed by atoms with Crippen molar-refractivity contribution in [2.45, 2.75) is 19.7 Å². The van der Waals surface area contributed by atoms with E-state index in [4.69, 9.17) is 10.5 Å². The summed E-state index contributed by atoms with van der Waals surface area (Å²) in [6.45, 7) is 2.70. The van der Waals surface area contributed by atoms with Crippen molar-refractivity contribution in [3.8, 4) is 5.75 Å². The van der Waals surface area contributed by atoms with Crippen LogP contribution in [0.1, 0.15) is 13.8 Å². The normalized spacial score (nSPS) is 11.2. The number of anilines is 1. The summed E-state index contributed by atoms with van der Waals surface area (Å²) in [6, 6.07) is 6.61. The van der Waals surface area contributed by atoms with Crippen molar-refractivity contribution >= 4 is 5.69 Å². The molecule has 0 aliphatic carbocycles. The third-order valence-corrected chi connectivity index (χ3v) is 1.24. The Morgan fingerprint density at radius 1 is 1.25 bits per heavy atom. The number of ether oxygens (including phenoxy) is 1. The van der Waals surface area contributed by atoms with Gasteiger partial charge in [0.1, 0.15) is 5.75 Å². The minimum Gasteiger partial charge on any atom is -0.459 e. The summed E-state index contributed by atoms with van der Waals surface area (Å²) in [5.41, 5.74) is 6.08. The van der Waals surface area contributed by atoms with Gasteiger partial charge in [-0.15, -0.1) is 0 Å². The maximum absolute atomic E-state index is 12.9. The molecule has 0 radical (unpaired) electrons. The number of nitrogen functional groups attached to an aromatic ring is 1. The van der Waals surface area contributed by atoms with Crippen LogP contribution >= 0.6 is 0 Å². The van der Waals surface area contributed by atoms with Crippen LogP contribution in [-0.2, 0) is 0 Å². The van der Waals surface area contributed by atoms with Crippen LogP contribution in [0.15, 0.2) is 24.3 Å². The second-order valence-corrected chi connectivity index (χ2v) is 3.03. The Kier molecular flexibility index (Phi) is 2.22. The number of hydrogen-bond donors (Lipinski definition) is 1. The molecule has 0 aromatic heterocycles. The van der Waals surface area contributed by atoms with Gasteiger partial charge in [0.2, 0.25) is 5.85 Å². The Labute approximate surface area is 71.1 Å². The number of nitrogens with two attached hydrogens (primary N) is 1. The largest absolute Gasteiger partial charge is 0.459 e. The Hall–Kier alpha value is -1.25. The zero-order valence-corrected chi connectivity index (χ0v) is 7.17. The lowest BCUT2D eigenvalue weighted by molar-refractivity contribution is -0.0256. The molecule has 0 fully saturated rings. The van der Waals surface area contributed by atoms with E-state index in [2.05, 4.69) is 0 Å². The molecule has 0 amide bonds. The molecule has 0 heterocycles. The van der Waals surface area contributed by atoms with Crippen molar-refractivity contribution in [1.82, 2.24) is 0 Å². The molecule has 1 aromatic rings. The maximum atomic E-state index is 12.9. The van der Waals surface area contributed by atoms with Gasteiger partial charge in [-0.2, -0.15) is 4.39 Å². The van der Waals surface area contributed by atoms with E-state index in [1.165, 1.54) is 13.8 Å². The van der Waals surface area contributed by atoms with Gasteiger partial charge >= 0.3 is 0 Å². The Morgan fingerprint density at radius 3 is 2.17 bits per heavy atom. The molecule has 3 heteroatoms. The highest BCUT2D eigenvalue weighted by Gasteiger charge is 2.16. The van der Waals surface area contributed by atoms with Gasteiger partial charge in [0.15, 0.2) is 0 Å². The van der Waals surface area contributed by atoms with E-state index in [9.17, 15) is 4.39 Å². The third kappa shape index (κ3) is 2.78. The van der Waals surface area contributed by atoms with Gasteiger partial charge < -0.3 is 10.5 Å². The number of alkyl halides is 1. The van der Waals surface area contributed by atoms with Crippen LogP contribution in [0.25, 0.3) is 0 Å². The number of hydrogen-bond acceptors (Lipinski definition) is 2. The molecule has 0 saturated carbocycles. The van der Waals surface area contributed by atoms with Crippen molar-refractivity contribution in [2.75, 3.05) is 5.73 Å². The highest BCUT2D eigenvalue weighted by Crippen LogP contribution is 2.19. The SMILES string of the molecule is CC(C)(F)Oc1ccc(N)cc1.